The van der Waals surface area contributed by atoms with Gasteiger partial charge in [-0.1, -0.05) is 0 Å². The molecule has 0 aromatic heterocycles. The Morgan fingerprint density at radius 3 is 1.40 bits per heavy atom. The number of urea groups is 2. The molecule has 0 saturated heterocycles. The molecule has 0 fully saturated rings. The van der Waals surface area contributed by atoms with Gasteiger partial charge in [0.2, 0.25) is 0 Å². The first kappa shape index (κ1) is 23.8. The van der Waals surface area contributed by atoms with Gasteiger partial charge in [-0.3, -0.25) is 5.32 Å². The van der Waals surface area contributed by atoms with E-state index in [1.165, 1.54) is 0 Å². The van der Waals surface area contributed by atoms with Crippen LogP contribution in [0.2, 0.25) is 0 Å². The number of aromatic carboxylic acids is 4. The van der Waals surface area contributed by atoms with Gasteiger partial charge >= 0.3 is 35.9 Å². The van der Waals surface area contributed by atoms with Crippen molar-refractivity contribution in [2.75, 3.05) is 0 Å². The number of benzene rings is 2. The number of fused-ring (bicyclic) bond motifs is 1. The second-order valence-corrected chi connectivity index (χ2v) is 6.12. The highest BCUT2D eigenvalue weighted by atomic mass is 79.9. The number of imide groups is 1. The van der Waals surface area contributed by atoms with Crippen molar-refractivity contribution < 1.29 is 49.2 Å². The maximum atomic E-state index is 11.5. The third kappa shape index (κ3) is 5.20. The van der Waals surface area contributed by atoms with Crippen LogP contribution in [0.25, 0.3) is 10.8 Å². The van der Waals surface area contributed by atoms with E-state index in [4.69, 9.17) is 0 Å². The van der Waals surface area contributed by atoms with Gasteiger partial charge in [-0.15, -0.1) is 0 Å². The van der Waals surface area contributed by atoms with Crippen LogP contribution < -0.4 is 16.8 Å². The fraction of sp³-hybridized carbons (Fsp3) is 0. The lowest BCUT2D eigenvalue weighted by atomic mass is 9.91. The number of hydrogen-bond acceptors (Lipinski definition) is 6. The van der Waals surface area contributed by atoms with Crippen molar-refractivity contribution in [3.63, 3.8) is 0 Å². The summed E-state index contributed by atoms with van der Waals surface area (Å²) in [6.45, 7) is 0. The highest BCUT2D eigenvalue weighted by molar-refractivity contribution is 9.10. The van der Waals surface area contributed by atoms with E-state index in [0.717, 1.165) is 18.2 Å². The van der Waals surface area contributed by atoms with Crippen molar-refractivity contribution in [1.29, 1.82) is 0 Å². The molecule has 0 radical (unpaired) electrons. The Kier molecular flexibility index (Phi) is 7.41. The number of amides is 4. The summed E-state index contributed by atoms with van der Waals surface area (Å²) < 4.78 is -0.167. The molecule has 0 spiro atoms. The van der Waals surface area contributed by atoms with Crippen LogP contribution in [-0.2, 0) is 0 Å². The zero-order valence-electron chi connectivity index (χ0n) is 14.5. The van der Waals surface area contributed by atoms with Crippen LogP contribution >= 0.6 is 15.9 Å². The number of carboxylic acids is 4. The molecule has 158 valence electrons. The van der Waals surface area contributed by atoms with E-state index in [0.29, 0.717) is 0 Å². The van der Waals surface area contributed by atoms with Gasteiger partial charge in [-0.05, 0) is 34.1 Å². The zero-order chi connectivity index (χ0) is 23.3. The normalized spacial score (nSPS) is 9.77. The number of nitrogens with one attached hydrogen (secondary N) is 1. The molecule has 0 saturated carbocycles. The maximum absolute atomic E-state index is 11.5. The lowest BCUT2D eigenvalue weighted by Gasteiger charge is -2.13. The standard InChI is InChI=1S/C14H7BrO8.C2H5N3O2/c15-7-3-6(13(20)21)8-4(11(16)17)1-2-5(12(18)19)9(8)10(7)14(22)23;3-1(6)5-2(4)7/h1-3H,(H,16,17)(H,18,19)(H,20,21)(H,22,23);(H5,3,4,5,6,7). The van der Waals surface area contributed by atoms with Gasteiger partial charge in [0.15, 0.2) is 0 Å². The van der Waals surface area contributed by atoms with Gasteiger partial charge in [0.25, 0.3) is 0 Å². The van der Waals surface area contributed by atoms with E-state index in [-0.39, 0.29) is 4.47 Å². The van der Waals surface area contributed by atoms with Crippen molar-refractivity contribution in [2.45, 2.75) is 0 Å². The highest BCUT2D eigenvalue weighted by Crippen LogP contribution is 2.35. The first-order valence-corrected chi connectivity index (χ1v) is 8.17. The minimum atomic E-state index is -1.52. The molecule has 0 aliphatic carbocycles. The van der Waals surface area contributed by atoms with Crippen LogP contribution in [0.4, 0.5) is 9.59 Å². The molecule has 2 aromatic carbocycles. The smallest absolute Gasteiger partial charge is 0.337 e. The van der Waals surface area contributed by atoms with Crippen molar-refractivity contribution in [2.24, 2.45) is 11.5 Å². The third-order valence-corrected chi connectivity index (χ3v) is 4.01. The lowest BCUT2D eigenvalue weighted by Crippen LogP contribution is -2.38. The number of primary amides is 2. The Morgan fingerprint density at radius 1 is 0.700 bits per heavy atom. The summed E-state index contributed by atoms with van der Waals surface area (Å²) in [6, 6.07) is 0.922. The van der Waals surface area contributed by atoms with Crippen LogP contribution in [0, 0.1) is 0 Å². The summed E-state index contributed by atoms with van der Waals surface area (Å²) in [6.07, 6.45) is 0. The van der Waals surface area contributed by atoms with Crippen molar-refractivity contribution in [3.05, 3.63) is 44.9 Å². The minimum absolute atomic E-state index is 0.167. The molecular weight excluding hydrogens is 474 g/mol. The van der Waals surface area contributed by atoms with Gasteiger partial charge in [-0.25, -0.2) is 28.8 Å². The Labute approximate surface area is 174 Å². The number of carbonyl (C=O) groups is 6. The van der Waals surface area contributed by atoms with Crippen LogP contribution in [0.5, 0.6) is 0 Å². The first-order chi connectivity index (χ1) is 13.8. The summed E-state index contributed by atoms with van der Waals surface area (Å²) in [5.74, 6) is -6.06. The molecule has 13 nitrogen and oxygen atoms in total. The number of carbonyl (C=O) groups excluding carboxylic acids is 2. The highest BCUT2D eigenvalue weighted by Gasteiger charge is 2.27. The van der Waals surface area contributed by atoms with Gasteiger partial charge < -0.3 is 31.9 Å². The molecule has 9 N–H and O–H groups in total. The second-order valence-electron chi connectivity index (χ2n) is 5.27. The Morgan fingerprint density at radius 2 is 1.10 bits per heavy atom. The summed E-state index contributed by atoms with van der Waals surface area (Å²) in [5, 5.41) is 37.7. The summed E-state index contributed by atoms with van der Waals surface area (Å²) in [5.41, 5.74) is 6.84. The molecule has 0 atom stereocenters. The van der Waals surface area contributed by atoms with Gasteiger partial charge in [0.1, 0.15) is 0 Å². The van der Waals surface area contributed by atoms with Crippen molar-refractivity contribution >= 4 is 62.6 Å². The lowest BCUT2D eigenvalue weighted by molar-refractivity contribution is 0.0675. The molecule has 0 heterocycles. The molecule has 30 heavy (non-hydrogen) atoms. The fourth-order valence-corrected chi connectivity index (χ4v) is 2.98. The largest absolute Gasteiger partial charge is 0.478 e. The summed E-state index contributed by atoms with van der Waals surface area (Å²) in [4.78, 5) is 64.8. The van der Waals surface area contributed by atoms with Crippen molar-refractivity contribution in [1.82, 2.24) is 5.32 Å². The van der Waals surface area contributed by atoms with Crippen LogP contribution in [-0.4, -0.2) is 56.4 Å². The predicted molar refractivity (Wildman–Crippen MR) is 102 cm³/mol. The SMILES string of the molecule is NC(=O)NC(N)=O.O=C(O)c1ccc(C(=O)O)c2c(C(=O)O)c(Br)cc(C(=O)O)c12. The molecule has 4 amide bonds. The molecule has 0 aliphatic heterocycles. The van der Waals surface area contributed by atoms with Gasteiger partial charge in [0.05, 0.1) is 22.3 Å². The number of hydrogen-bond donors (Lipinski definition) is 7. The number of halogens is 1. The van der Waals surface area contributed by atoms with E-state index < -0.39 is 69.0 Å². The number of nitrogens with two attached hydrogens (primary N) is 2. The van der Waals surface area contributed by atoms with Crippen LogP contribution in [0.3, 0.4) is 0 Å². The average molecular weight is 486 g/mol. The van der Waals surface area contributed by atoms with Crippen molar-refractivity contribution in [3.8, 4) is 0 Å². The topological polar surface area (TPSA) is 247 Å². The molecule has 2 rings (SSSR count). The summed E-state index contributed by atoms with van der Waals surface area (Å²) in [7, 11) is 0. The molecule has 0 unspecified atom stereocenters. The molecule has 0 bridgehead atoms. The maximum Gasteiger partial charge on any atom is 0.337 e. The minimum Gasteiger partial charge on any atom is -0.478 e. The predicted octanol–water partition coefficient (Wildman–Crippen LogP) is 1.13. The third-order valence-electron chi connectivity index (χ3n) is 3.39. The van der Waals surface area contributed by atoms with E-state index in [2.05, 4.69) is 27.4 Å². The summed E-state index contributed by atoms with van der Waals surface area (Å²) >= 11 is 2.90. The Hall–Kier alpha value is -4.20. The second kappa shape index (κ2) is 9.33. The van der Waals surface area contributed by atoms with Crippen LogP contribution in [0.15, 0.2) is 22.7 Å². The molecule has 14 heteroatoms. The molecular formula is C16H12BrN3O10. The van der Waals surface area contributed by atoms with E-state index in [9.17, 15) is 49.2 Å². The molecule has 0 aliphatic rings. The monoisotopic (exact) mass is 485 g/mol. The quantitative estimate of drug-likeness (QED) is 0.324. The van der Waals surface area contributed by atoms with E-state index in [1.807, 2.05) is 0 Å². The Bertz CT molecular complexity index is 1100. The number of carboxylic acid groups (broad SMARTS) is 4. The van der Waals surface area contributed by atoms with E-state index >= 15 is 0 Å². The number of rotatable bonds is 4. The first-order valence-electron chi connectivity index (χ1n) is 7.37. The molecule has 2 aromatic rings. The Balaban J connectivity index is 0.000000553. The van der Waals surface area contributed by atoms with Gasteiger partial charge in [0, 0.05) is 15.2 Å². The average Bonchev–Trinajstić information content (AvgIpc) is 2.58. The van der Waals surface area contributed by atoms with E-state index in [1.54, 1.807) is 5.32 Å². The zero-order valence-corrected chi connectivity index (χ0v) is 16.1. The fourth-order valence-electron chi connectivity index (χ4n) is 2.39. The van der Waals surface area contributed by atoms with Gasteiger partial charge in [-0.2, -0.15) is 0 Å². The van der Waals surface area contributed by atoms with Crippen LogP contribution in [0.1, 0.15) is 41.4 Å².